The van der Waals surface area contributed by atoms with Gasteiger partial charge in [-0.1, -0.05) is 30.3 Å². The maximum atomic E-state index is 10.0. The summed E-state index contributed by atoms with van der Waals surface area (Å²) in [7, 11) is 0. The summed E-state index contributed by atoms with van der Waals surface area (Å²) < 4.78 is 18.2. The molecule has 4 aliphatic heterocycles. The first-order valence-electron chi connectivity index (χ1n) is 16.3. The largest absolute Gasteiger partial charge is 0.488 e. The molecule has 234 valence electrons. The molecule has 0 radical (unpaired) electrons. The monoisotopic (exact) mass is 599 g/mol. The maximum Gasteiger partial charge on any atom is 0.156 e. The molecule has 3 saturated heterocycles. The Bertz CT molecular complexity index is 1470. The van der Waals surface area contributed by atoms with Gasteiger partial charge in [0, 0.05) is 37.7 Å². The molecule has 8 nitrogen and oxygen atoms in total. The van der Waals surface area contributed by atoms with E-state index < -0.39 is 6.29 Å². The van der Waals surface area contributed by atoms with Crippen molar-refractivity contribution < 1.29 is 24.4 Å². The summed E-state index contributed by atoms with van der Waals surface area (Å²) in [6.45, 7) is 10.2. The minimum Gasteiger partial charge on any atom is -0.488 e. The van der Waals surface area contributed by atoms with Gasteiger partial charge in [-0.05, 0) is 92.0 Å². The van der Waals surface area contributed by atoms with Crippen LogP contribution in [0.2, 0.25) is 0 Å². The van der Waals surface area contributed by atoms with Crippen LogP contribution in [0.5, 0.6) is 5.75 Å². The molecule has 1 aromatic heterocycles. The molecule has 0 amide bonds. The van der Waals surface area contributed by atoms with Crippen LogP contribution in [0.15, 0.2) is 48.5 Å². The Balaban J connectivity index is 1.11. The predicted octanol–water partition coefficient (Wildman–Crippen LogP) is 4.43. The predicted molar refractivity (Wildman–Crippen MR) is 170 cm³/mol. The normalized spacial score (nSPS) is 24.4. The lowest BCUT2D eigenvalue weighted by atomic mass is 9.83. The van der Waals surface area contributed by atoms with Crippen molar-refractivity contribution >= 4 is 5.82 Å². The molecule has 8 heteroatoms. The maximum absolute atomic E-state index is 10.0. The molecule has 0 unspecified atom stereocenters. The molecule has 0 bridgehead atoms. The zero-order valence-electron chi connectivity index (χ0n) is 26.0. The first kappa shape index (κ1) is 29.7. The number of ether oxygens (including phenoxy) is 3. The first-order valence-corrected chi connectivity index (χ1v) is 16.3. The Kier molecular flexibility index (Phi) is 8.62. The van der Waals surface area contributed by atoms with Crippen molar-refractivity contribution in [1.82, 2.24) is 9.88 Å². The highest BCUT2D eigenvalue weighted by molar-refractivity contribution is 5.70. The molecule has 0 saturated carbocycles. The van der Waals surface area contributed by atoms with Crippen LogP contribution in [0.3, 0.4) is 0 Å². The highest BCUT2D eigenvalue weighted by Gasteiger charge is 2.43. The van der Waals surface area contributed by atoms with E-state index in [-0.39, 0.29) is 18.1 Å². The summed E-state index contributed by atoms with van der Waals surface area (Å²) >= 11 is 0. The second-order valence-corrected chi connectivity index (χ2v) is 12.9. The standard InChI is InChI=1S/C36H45N3O5/c1-23-6-3-7-29(31-8-4-10-33(37-31)39-18-15-30(36(40)41)35-32(39)9-5-19-43-35)34(23)44-20-26-12-11-25-13-16-38(27-21-42-22-27)17-14-28(25)24(26)2/h3-4,6-8,10-12,27,30,32,35-36,40-41H,5,9,13-22H2,1-2H3/t30-,32+,35-/m0/s1. The first-order chi connectivity index (χ1) is 21.5. The third-order valence-corrected chi connectivity index (χ3v) is 10.4. The Morgan fingerprint density at radius 1 is 0.977 bits per heavy atom. The fourth-order valence-electron chi connectivity index (χ4n) is 7.71. The van der Waals surface area contributed by atoms with Crippen LogP contribution in [-0.2, 0) is 28.9 Å². The highest BCUT2D eigenvalue weighted by atomic mass is 16.5. The van der Waals surface area contributed by atoms with E-state index >= 15 is 0 Å². The smallest absolute Gasteiger partial charge is 0.156 e. The van der Waals surface area contributed by atoms with E-state index in [1.807, 2.05) is 0 Å². The molecule has 0 spiro atoms. The van der Waals surface area contributed by atoms with Gasteiger partial charge in [-0.25, -0.2) is 4.98 Å². The third-order valence-electron chi connectivity index (χ3n) is 10.4. The number of anilines is 1. The summed E-state index contributed by atoms with van der Waals surface area (Å²) in [6.07, 6.45) is 3.14. The SMILES string of the molecule is Cc1cccc(-c2cccc(N3CC[C@H](C(O)O)[C@@H]4OCCC[C@H]43)n2)c1OCc1ccc2c(c1C)CCN(C1COC1)CC2. The van der Waals surface area contributed by atoms with E-state index in [0.717, 1.165) is 80.4 Å². The van der Waals surface area contributed by atoms with Gasteiger partial charge in [-0.2, -0.15) is 0 Å². The summed E-state index contributed by atoms with van der Waals surface area (Å²) in [5.74, 6) is 1.48. The van der Waals surface area contributed by atoms with Crippen molar-refractivity contribution in [2.24, 2.45) is 5.92 Å². The quantitative estimate of drug-likeness (QED) is 0.386. The van der Waals surface area contributed by atoms with E-state index in [1.54, 1.807) is 0 Å². The van der Waals surface area contributed by atoms with Crippen LogP contribution in [-0.4, -0.2) is 84.0 Å². The minimum atomic E-state index is -1.37. The van der Waals surface area contributed by atoms with Gasteiger partial charge in [0.05, 0.1) is 37.1 Å². The zero-order chi connectivity index (χ0) is 30.2. The number of hydrogen-bond donors (Lipinski definition) is 2. The molecule has 5 heterocycles. The summed E-state index contributed by atoms with van der Waals surface area (Å²) in [5, 5.41) is 20.0. The molecule has 4 aliphatic rings. The number of pyridine rings is 1. The van der Waals surface area contributed by atoms with Crippen molar-refractivity contribution in [2.75, 3.05) is 44.4 Å². The lowest BCUT2D eigenvalue weighted by Crippen LogP contribution is -2.58. The van der Waals surface area contributed by atoms with Gasteiger partial charge < -0.3 is 29.3 Å². The van der Waals surface area contributed by atoms with Crippen molar-refractivity contribution in [3.63, 3.8) is 0 Å². The second-order valence-electron chi connectivity index (χ2n) is 12.9. The number of aryl methyl sites for hydroxylation is 1. The van der Waals surface area contributed by atoms with Gasteiger partial charge in [0.1, 0.15) is 18.2 Å². The Labute approximate surface area is 260 Å². The molecule has 2 N–H and O–H groups in total. The van der Waals surface area contributed by atoms with Gasteiger partial charge in [0.15, 0.2) is 6.29 Å². The van der Waals surface area contributed by atoms with Crippen molar-refractivity contribution in [3.8, 4) is 17.0 Å². The fraction of sp³-hybridized carbons (Fsp3) is 0.528. The average molecular weight is 600 g/mol. The number of nitrogens with zero attached hydrogens (tertiary/aromatic N) is 3. The van der Waals surface area contributed by atoms with Gasteiger partial charge in [0.2, 0.25) is 0 Å². The number of aliphatic hydroxyl groups excluding tert-OH is 1. The third kappa shape index (κ3) is 5.74. The highest BCUT2D eigenvalue weighted by Crippen LogP contribution is 2.38. The van der Waals surface area contributed by atoms with E-state index in [4.69, 9.17) is 19.2 Å². The Morgan fingerprint density at radius 3 is 2.64 bits per heavy atom. The van der Waals surface area contributed by atoms with Crippen LogP contribution in [0.25, 0.3) is 11.3 Å². The summed E-state index contributed by atoms with van der Waals surface area (Å²) in [6, 6.07) is 17.6. The lowest BCUT2D eigenvalue weighted by molar-refractivity contribution is -0.155. The molecular formula is C36H45N3O5. The topological polar surface area (TPSA) is 87.5 Å². The molecular weight excluding hydrogens is 554 g/mol. The van der Waals surface area contributed by atoms with Gasteiger partial charge in [-0.3, -0.25) is 4.90 Å². The van der Waals surface area contributed by atoms with Crippen LogP contribution in [0.4, 0.5) is 5.82 Å². The molecule has 3 aromatic rings. The second kappa shape index (κ2) is 12.8. The molecule has 0 aliphatic carbocycles. The van der Waals surface area contributed by atoms with Gasteiger partial charge >= 0.3 is 0 Å². The summed E-state index contributed by atoms with van der Waals surface area (Å²) in [4.78, 5) is 10.1. The number of aliphatic hydroxyl groups is 2. The van der Waals surface area contributed by atoms with Crippen LogP contribution >= 0.6 is 0 Å². The van der Waals surface area contributed by atoms with Gasteiger partial charge in [0.25, 0.3) is 0 Å². The molecule has 7 rings (SSSR count). The summed E-state index contributed by atoms with van der Waals surface area (Å²) in [5.41, 5.74) is 8.47. The number of piperidine rings is 1. The fourth-order valence-corrected chi connectivity index (χ4v) is 7.71. The molecule has 44 heavy (non-hydrogen) atoms. The number of benzene rings is 2. The molecule has 2 aromatic carbocycles. The number of para-hydroxylation sites is 1. The van der Waals surface area contributed by atoms with Crippen LogP contribution in [0.1, 0.15) is 47.1 Å². The number of hydrogen-bond acceptors (Lipinski definition) is 8. The number of aromatic nitrogens is 1. The van der Waals surface area contributed by atoms with Crippen molar-refractivity contribution in [3.05, 3.63) is 76.3 Å². The van der Waals surface area contributed by atoms with E-state index in [2.05, 4.69) is 72.2 Å². The Morgan fingerprint density at radius 2 is 1.82 bits per heavy atom. The van der Waals surface area contributed by atoms with E-state index in [0.29, 0.717) is 32.2 Å². The van der Waals surface area contributed by atoms with Crippen LogP contribution in [0, 0.1) is 19.8 Å². The van der Waals surface area contributed by atoms with E-state index in [1.165, 1.54) is 22.3 Å². The van der Waals surface area contributed by atoms with Gasteiger partial charge in [-0.15, -0.1) is 0 Å². The number of fused-ring (bicyclic) bond motifs is 2. The van der Waals surface area contributed by atoms with Crippen molar-refractivity contribution in [2.45, 2.75) is 77.0 Å². The average Bonchev–Trinajstić information content (AvgIpc) is 3.23. The zero-order valence-corrected chi connectivity index (χ0v) is 26.0. The molecule has 3 atom stereocenters. The van der Waals surface area contributed by atoms with Crippen LogP contribution < -0.4 is 9.64 Å². The Hall–Kier alpha value is -3.01. The molecule has 3 fully saturated rings. The van der Waals surface area contributed by atoms with Crippen molar-refractivity contribution in [1.29, 1.82) is 0 Å². The number of rotatable bonds is 7. The lowest BCUT2D eigenvalue weighted by Gasteiger charge is -2.48. The van der Waals surface area contributed by atoms with E-state index in [9.17, 15) is 10.2 Å². The minimum absolute atomic E-state index is 0.0746.